The normalized spacial score (nSPS) is 12.6. The molecule has 0 spiro atoms. The fourth-order valence-corrected chi connectivity index (χ4v) is 1.10. The van der Waals surface area contributed by atoms with E-state index in [1.807, 2.05) is 0 Å². The van der Waals surface area contributed by atoms with Crippen molar-refractivity contribution in [3.8, 4) is 0 Å². The Balaban J connectivity index is 4.41. The third kappa shape index (κ3) is 6.29. The van der Waals surface area contributed by atoms with Crippen LogP contribution in [0.2, 0.25) is 0 Å². The molecule has 0 bridgehead atoms. The monoisotopic (exact) mass is 239 g/mol. The van der Waals surface area contributed by atoms with Crippen molar-refractivity contribution >= 4 is 18.3 Å². The van der Waals surface area contributed by atoms with Crippen molar-refractivity contribution in [3.05, 3.63) is 23.8 Å². The van der Waals surface area contributed by atoms with Crippen molar-refractivity contribution in [2.75, 3.05) is 14.2 Å². The average Bonchev–Trinajstić information content (AvgIpc) is 2.36. The molecule has 1 amide bonds. The number of aliphatic imine (C=N–C) groups is 1. The summed E-state index contributed by atoms with van der Waals surface area (Å²) in [5.74, 6) is -0.0120. The van der Waals surface area contributed by atoms with Gasteiger partial charge in [-0.05, 0) is 13.3 Å². The van der Waals surface area contributed by atoms with Gasteiger partial charge in [0.15, 0.2) is 0 Å². The molecule has 0 unspecified atom stereocenters. The van der Waals surface area contributed by atoms with E-state index in [4.69, 9.17) is 4.74 Å². The van der Waals surface area contributed by atoms with Crippen molar-refractivity contribution in [2.24, 2.45) is 4.99 Å². The molecule has 0 radical (unpaired) electrons. The zero-order chi connectivity index (χ0) is 13.1. The van der Waals surface area contributed by atoms with Gasteiger partial charge in [0.2, 0.25) is 12.3 Å². The summed E-state index contributed by atoms with van der Waals surface area (Å²) < 4.78 is 9.46. The van der Waals surface area contributed by atoms with E-state index in [1.165, 1.54) is 14.2 Å². The predicted molar refractivity (Wildman–Crippen MR) is 64.7 cm³/mol. The summed E-state index contributed by atoms with van der Waals surface area (Å²) in [4.78, 5) is 24.7. The van der Waals surface area contributed by atoms with Crippen LogP contribution in [0.15, 0.2) is 28.8 Å². The fourth-order valence-electron chi connectivity index (χ4n) is 1.10. The summed E-state index contributed by atoms with van der Waals surface area (Å²) in [7, 11) is 2.79. The topological polar surface area (TPSA) is 65.0 Å². The number of carbonyl (C=O) groups is 2. The van der Waals surface area contributed by atoms with E-state index in [2.05, 4.69) is 9.73 Å². The Hall–Kier alpha value is -1.91. The van der Waals surface area contributed by atoms with Gasteiger partial charge in [-0.2, -0.15) is 4.99 Å². The van der Waals surface area contributed by atoms with Crippen LogP contribution in [0.25, 0.3) is 0 Å². The second-order valence-corrected chi connectivity index (χ2v) is 3.00. The van der Waals surface area contributed by atoms with Crippen LogP contribution in [-0.2, 0) is 19.1 Å². The van der Waals surface area contributed by atoms with Gasteiger partial charge in [0.05, 0.1) is 14.2 Å². The number of nitrogens with zero attached hydrogens (tertiary/aromatic N) is 1. The number of ether oxygens (including phenoxy) is 2. The SMILES string of the molecule is C/C=C(/C=C/CCC(=O)OC)C(=NC=O)OC. The van der Waals surface area contributed by atoms with Crippen molar-refractivity contribution in [1.82, 2.24) is 0 Å². The highest BCUT2D eigenvalue weighted by Gasteiger charge is 2.02. The van der Waals surface area contributed by atoms with Crippen LogP contribution in [0.4, 0.5) is 0 Å². The molecule has 5 heteroatoms. The quantitative estimate of drug-likeness (QED) is 0.232. The molecule has 0 fully saturated rings. The maximum Gasteiger partial charge on any atom is 0.305 e. The Labute approximate surface area is 101 Å². The van der Waals surface area contributed by atoms with E-state index in [-0.39, 0.29) is 11.9 Å². The van der Waals surface area contributed by atoms with Crippen molar-refractivity contribution in [3.63, 3.8) is 0 Å². The Morgan fingerprint density at radius 1 is 1.29 bits per heavy atom. The molecule has 5 nitrogen and oxygen atoms in total. The second kappa shape index (κ2) is 9.33. The first kappa shape index (κ1) is 15.1. The summed E-state index contributed by atoms with van der Waals surface area (Å²) >= 11 is 0. The highest BCUT2D eigenvalue weighted by atomic mass is 16.5. The molecule has 0 aliphatic heterocycles. The average molecular weight is 239 g/mol. The Morgan fingerprint density at radius 2 is 2.00 bits per heavy atom. The Bertz CT molecular complexity index is 342. The second-order valence-electron chi connectivity index (χ2n) is 3.00. The van der Waals surface area contributed by atoms with E-state index < -0.39 is 0 Å². The molecule has 0 rings (SSSR count). The largest absolute Gasteiger partial charge is 0.480 e. The Kier molecular flexibility index (Phi) is 8.28. The van der Waals surface area contributed by atoms with Gasteiger partial charge >= 0.3 is 5.97 Å². The van der Waals surface area contributed by atoms with Gasteiger partial charge < -0.3 is 9.47 Å². The van der Waals surface area contributed by atoms with Crippen molar-refractivity contribution in [2.45, 2.75) is 19.8 Å². The molecule has 0 aromatic heterocycles. The molecule has 0 aromatic carbocycles. The van der Waals surface area contributed by atoms with Gasteiger partial charge in [-0.25, -0.2) is 0 Å². The fraction of sp³-hybridized carbons (Fsp3) is 0.417. The molecule has 0 aliphatic carbocycles. The van der Waals surface area contributed by atoms with E-state index in [0.717, 1.165) is 0 Å². The first-order valence-corrected chi connectivity index (χ1v) is 5.15. The smallest absolute Gasteiger partial charge is 0.305 e. The number of rotatable bonds is 6. The lowest BCUT2D eigenvalue weighted by Gasteiger charge is -2.03. The minimum Gasteiger partial charge on any atom is -0.480 e. The molecule has 0 aliphatic rings. The number of allylic oxidation sites excluding steroid dienone is 2. The number of methoxy groups -OCH3 is 2. The first-order valence-electron chi connectivity index (χ1n) is 5.15. The van der Waals surface area contributed by atoms with Gasteiger partial charge in [0.1, 0.15) is 0 Å². The summed E-state index contributed by atoms with van der Waals surface area (Å²) in [6, 6.07) is 0. The standard InChI is InChI=1S/C12H17NO4/c1-4-10(12(17-3)13-9-14)7-5-6-8-11(15)16-2/h4-5,7,9H,6,8H2,1-3H3/b7-5+,10-4-,13-12?. The highest BCUT2D eigenvalue weighted by molar-refractivity contribution is 5.99. The number of hydrogen-bond acceptors (Lipinski definition) is 4. The zero-order valence-corrected chi connectivity index (χ0v) is 10.3. The number of esters is 1. The van der Waals surface area contributed by atoms with Crippen LogP contribution in [0, 0.1) is 0 Å². The van der Waals surface area contributed by atoms with Crippen LogP contribution in [0.5, 0.6) is 0 Å². The van der Waals surface area contributed by atoms with Gasteiger partial charge in [-0.3, -0.25) is 9.59 Å². The molecular weight excluding hydrogens is 222 g/mol. The van der Waals surface area contributed by atoms with Crippen LogP contribution >= 0.6 is 0 Å². The van der Waals surface area contributed by atoms with Crippen LogP contribution in [0.3, 0.4) is 0 Å². The van der Waals surface area contributed by atoms with E-state index in [9.17, 15) is 9.59 Å². The van der Waals surface area contributed by atoms with E-state index in [0.29, 0.717) is 24.8 Å². The van der Waals surface area contributed by atoms with E-state index >= 15 is 0 Å². The van der Waals surface area contributed by atoms with Gasteiger partial charge in [-0.15, -0.1) is 0 Å². The summed E-state index contributed by atoms with van der Waals surface area (Å²) in [6.45, 7) is 1.80. The van der Waals surface area contributed by atoms with Gasteiger partial charge in [0.25, 0.3) is 0 Å². The first-order chi connectivity index (χ1) is 8.19. The van der Waals surface area contributed by atoms with E-state index in [1.54, 1.807) is 25.2 Å². The molecule has 0 aromatic rings. The lowest BCUT2D eigenvalue weighted by atomic mass is 10.2. The third-order valence-corrected chi connectivity index (χ3v) is 1.96. The summed E-state index contributed by atoms with van der Waals surface area (Å²) in [5.41, 5.74) is 0.685. The molecule has 17 heavy (non-hydrogen) atoms. The molecule has 0 heterocycles. The molecule has 0 saturated heterocycles. The number of amides is 1. The maximum absolute atomic E-state index is 10.9. The zero-order valence-electron chi connectivity index (χ0n) is 10.3. The van der Waals surface area contributed by atoms with Gasteiger partial charge in [-0.1, -0.05) is 18.2 Å². The predicted octanol–water partition coefficient (Wildman–Crippen LogP) is 1.64. The third-order valence-electron chi connectivity index (χ3n) is 1.96. The molecule has 94 valence electrons. The molecular formula is C12H17NO4. The molecule has 0 N–H and O–H groups in total. The minimum atomic E-state index is -0.259. The lowest BCUT2D eigenvalue weighted by molar-refractivity contribution is -0.140. The number of carbonyl (C=O) groups excluding carboxylic acids is 2. The summed E-state index contributed by atoms with van der Waals surface area (Å²) in [6.07, 6.45) is 6.60. The van der Waals surface area contributed by atoms with Crippen LogP contribution in [-0.4, -0.2) is 32.5 Å². The highest BCUT2D eigenvalue weighted by Crippen LogP contribution is 2.04. The van der Waals surface area contributed by atoms with Crippen molar-refractivity contribution < 1.29 is 19.1 Å². The van der Waals surface area contributed by atoms with Crippen molar-refractivity contribution in [1.29, 1.82) is 0 Å². The lowest BCUT2D eigenvalue weighted by Crippen LogP contribution is -2.04. The maximum atomic E-state index is 10.9. The minimum absolute atomic E-state index is 0.247. The summed E-state index contributed by atoms with van der Waals surface area (Å²) in [5, 5.41) is 0. The van der Waals surface area contributed by atoms with Crippen LogP contribution in [0.1, 0.15) is 19.8 Å². The molecule has 0 saturated carbocycles. The number of hydrogen-bond donors (Lipinski definition) is 0. The molecule has 0 atom stereocenters. The van der Waals surface area contributed by atoms with Gasteiger partial charge in [0, 0.05) is 12.0 Å². The Morgan fingerprint density at radius 3 is 2.47 bits per heavy atom. The van der Waals surface area contributed by atoms with Crippen LogP contribution < -0.4 is 0 Å².